The number of carbonyl (C=O) groups is 1. The van der Waals surface area contributed by atoms with Crippen LogP contribution in [0.4, 0.5) is 0 Å². The second-order valence-electron chi connectivity index (χ2n) is 6.84. The van der Waals surface area contributed by atoms with Gasteiger partial charge in [-0.15, -0.1) is 0 Å². The fraction of sp³-hybridized carbons (Fsp3) is 0.526. The zero-order chi connectivity index (χ0) is 19.4. The molecule has 146 valence electrons. The molecule has 1 fully saturated rings. The maximum absolute atomic E-state index is 12.8. The Morgan fingerprint density at radius 3 is 2.78 bits per heavy atom. The molecule has 0 atom stereocenters. The van der Waals surface area contributed by atoms with Gasteiger partial charge in [-0.3, -0.25) is 14.2 Å². The van der Waals surface area contributed by atoms with E-state index in [1.54, 1.807) is 17.6 Å². The van der Waals surface area contributed by atoms with E-state index in [1.165, 1.54) is 19.3 Å². The van der Waals surface area contributed by atoms with E-state index in [0.717, 1.165) is 21.8 Å². The number of nitrogens with zero attached hydrogens (tertiary/aromatic N) is 2. The first kappa shape index (κ1) is 20.5. The number of hydrogen-bond acceptors (Lipinski definition) is 5. The Kier molecular flexibility index (Phi) is 7.05. The summed E-state index contributed by atoms with van der Waals surface area (Å²) in [5, 5.41) is 3.78. The smallest absolute Gasteiger partial charge is 0.319 e. The molecule has 1 aliphatic rings. The van der Waals surface area contributed by atoms with Crippen LogP contribution < -0.4 is 10.9 Å². The third-order valence-corrected chi connectivity index (χ3v) is 5.95. The average molecular weight is 501 g/mol. The highest BCUT2D eigenvalue weighted by Crippen LogP contribution is 2.25. The molecule has 0 unspecified atom stereocenters. The Bertz CT molecular complexity index is 892. The lowest BCUT2D eigenvalue weighted by Gasteiger charge is -2.22. The molecule has 0 aliphatic heterocycles. The zero-order valence-corrected chi connectivity index (χ0v) is 18.4. The molecule has 0 saturated heterocycles. The van der Waals surface area contributed by atoms with Gasteiger partial charge in [0.2, 0.25) is 0 Å². The van der Waals surface area contributed by atoms with Crippen molar-refractivity contribution in [3.05, 3.63) is 37.3 Å². The van der Waals surface area contributed by atoms with Crippen LogP contribution in [0, 0.1) is 6.92 Å². The molecule has 6 nitrogen and oxygen atoms in total. The number of fused-ring (bicyclic) bond motifs is 1. The first-order chi connectivity index (χ1) is 13.0. The predicted octanol–water partition coefficient (Wildman–Crippen LogP) is 3.70. The molecule has 1 saturated carbocycles. The Morgan fingerprint density at radius 2 is 2.04 bits per heavy atom. The zero-order valence-electron chi connectivity index (χ0n) is 15.3. The number of hydrogen-bond donors (Lipinski definition) is 1. The Balaban J connectivity index is 1.60. The summed E-state index contributed by atoms with van der Waals surface area (Å²) in [4.78, 5) is 29.3. The highest BCUT2D eigenvalue weighted by Gasteiger charge is 2.15. The van der Waals surface area contributed by atoms with E-state index in [-0.39, 0.29) is 31.2 Å². The van der Waals surface area contributed by atoms with E-state index in [0.29, 0.717) is 22.8 Å². The minimum atomic E-state index is -0.287. The van der Waals surface area contributed by atoms with Gasteiger partial charge in [0.25, 0.3) is 5.56 Å². The number of rotatable bonds is 6. The molecule has 0 spiro atoms. The van der Waals surface area contributed by atoms with Crippen LogP contribution in [0.15, 0.2) is 25.9 Å². The van der Waals surface area contributed by atoms with Gasteiger partial charge < -0.3 is 10.1 Å². The first-order valence-electron chi connectivity index (χ1n) is 9.21. The van der Waals surface area contributed by atoms with Crippen LogP contribution in [0.1, 0.15) is 37.9 Å². The van der Waals surface area contributed by atoms with Gasteiger partial charge in [-0.2, -0.15) is 0 Å². The molecule has 1 aromatic heterocycles. The SMILES string of the molecule is Cc1nc2c(Br)cc(Br)cc2c(=O)n1CCOC(=O)CNC1CCCCC1. The van der Waals surface area contributed by atoms with Crippen LogP contribution in [0.5, 0.6) is 0 Å². The monoisotopic (exact) mass is 499 g/mol. The van der Waals surface area contributed by atoms with Crippen LogP contribution in [-0.4, -0.2) is 34.7 Å². The summed E-state index contributed by atoms with van der Waals surface area (Å²) in [7, 11) is 0. The number of nitrogens with one attached hydrogen (secondary N) is 1. The maximum atomic E-state index is 12.8. The Morgan fingerprint density at radius 1 is 1.30 bits per heavy atom. The lowest BCUT2D eigenvalue weighted by atomic mass is 9.96. The van der Waals surface area contributed by atoms with Gasteiger partial charge in [-0.25, -0.2) is 4.98 Å². The minimum Gasteiger partial charge on any atom is -0.463 e. The van der Waals surface area contributed by atoms with Crippen molar-refractivity contribution in [2.75, 3.05) is 13.2 Å². The molecule has 1 aromatic carbocycles. The van der Waals surface area contributed by atoms with E-state index in [1.807, 2.05) is 6.07 Å². The van der Waals surface area contributed by atoms with Gasteiger partial charge in [-0.1, -0.05) is 35.2 Å². The number of halogens is 2. The normalized spacial score (nSPS) is 15.2. The van der Waals surface area contributed by atoms with Crippen LogP contribution >= 0.6 is 31.9 Å². The van der Waals surface area contributed by atoms with E-state index in [2.05, 4.69) is 42.2 Å². The van der Waals surface area contributed by atoms with Gasteiger partial charge in [0.15, 0.2) is 0 Å². The third kappa shape index (κ3) is 5.18. The highest BCUT2D eigenvalue weighted by molar-refractivity contribution is 9.11. The number of aryl methyl sites for hydroxylation is 1. The van der Waals surface area contributed by atoms with Crippen molar-refractivity contribution in [3.63, 3.8) is 0 Å². The van der Waals surface area contributed by atoms with Crippen LogP contribution in [0.25, 0.3) is 10.9 Å². The number of ether oxygens (including phenoxy) is 1. The minimum absolute atomic E-state index is 0.143. The van der Waals surface area contributed by atoms with Gasteiger partial charge in [0, 0.05) is 15.0 Å². The summed E-state index contributed by atoms with van der Waals surface area (Å²) in [6.45, 7) is 2.43. The predicted molar refractivity (Wildman–Crippen MR) is 112 cm³/mol. The van der Waals surface area contributed by atoms with Crippen molar-refractivity contribution in [3.8, 4) is 0 Å². The van der Waals surface area contributed by atoms with Gasteiger partial charge in [0.1, 0.15) is 12.4 Å². The van der Waals surface area contributed by atoms with Crippen LogP contribution in [0.2, 0.25) is 0 Å². The molecule has 8 heteroatoms. The summed E-state index contributed by atoms with van der Waals surface area (Å²) in [5.41, 5.74) is 0.488. The Hall–Kier alpha value is -1.25. The molecule has 1 aliphatic carbocycles. The van der Waals surface area contributed by atoms with Gasteiger partial charge in [0.05, 0.1) is 24.0 Å². The number of aromatic nitrogens is 2. The van der Waals surface area contributed by atoms with E-state index in [9.17, 15) is 9.59 Å². The summed E-state index contributed by atoms with van der Waals surface area (Å²) in [6, 6.07) is 4.03. The van der Waals surface area contributed by atoms with Crippen molar-refractivity contribution in [1.82, 2.24) is 14.9 Å². The molecule has 0 radical (unpaired) electrons. The lowest BCUT2D eigenvalue weighted by molar-refractivity contribution is -0.143. The lowest BCUT2D eigenvalue weighted by Crippen LogP contribution is -2.36. The summed E-state index contributed by atoms with van der Waals surface area (Å²) in [6.07, 6.45) is 5.96. The molecule has 3 rings (SSSR count). The maximum Gasteiger partial charge on any atom is 0.319 e. The quantitative estimate of drug-likeness (QED) is 0.612. The molecular formula is C19H23Br2N3O3. The van der Waals surface area contributed by atoms with Gasteiger partial charge in [-0.05, 0) is 47.8 Å². The van der Waals surface area contributed by atoms with Crippen molar-refractivity contribution >= 4 is 48.7 Å². The summed E-state index contributed by atoms with van der Waals surface area (Å²) < 4.78 is 8.41. The van der Waals surface area contributed by atoms with Crippen LogP contribution in [-0.2, 0) is 16.1 Å². The Labute approximate surface area is 174 Å². The number of esters is 1. The molecule has 27 heavy (non-hydrogen) atoms. The first-order valence-corrected chi connectivity index (χ1v) is 10.8. The van der Waals surface area contributed by atoms with Gasteiger partial charge >= 0.3 is 5.97 Å². The van der Waals surface area contributed by atoms with E-state index < -0.39 is 0 Å². The second kappa shape index (κ2) is 9.30. The highest BCUT2D eigenvalue weighted by atomic mass is 79.9. The standard InChI is InChI=1S/C19H23Br2N3O3/c1-12-23-18-15(9-13(20)10-16(18)21)19(26)24(12)7-8-27-17(25)11-22-14-5-3-2-4-6-14/h9-10,14,22H,2-8,11H2,1H3. The van der Waals surface area contributed by atoms with Crippen molar-refractivity contribution < 1.29 is 9.53 Å². The summed E-state index contributed by atoms with van der Waals surface area (Å²) >= 11 is 6.85. The van der Waals surface area contributed by atoms with E-state index in [4.69, 9.17) is 4.74 Å². The molecule has 1 N–H and O–H groups in total. The molecule has 2 aromatic rings. The number of benzene rings is 1. The van der Waals surface area contributed by atoms with Crippen LogP contribution in [0.3, 0.4) is 0 Å². The van der Waals surface area contributed by atoms with Crippen molar-refractivity contribution in [2.45, 2.75) is 51.6 Å². The largest absolute Gasteiger partial charge is 0.463 e. The molecule has 0 bridgehead atoms. The second-order valence-corrected chi connectivity index (χ2v) is 8.61. The summed E-state index contributed by atoms with van der Waals surface area (Å²) in [5.74, 6) is 0.303. The number of carbonyl (C=O) groups excluding carboxylic acids is 1. The topological polar surface area (TPSA) is 73.2 Å². The average Bonchev–Trinajstić information content (AvgIpc) is 2.65. The van der Waals surface area contributed by atoms with Crippen molar-refractivity contribution in [1.29, 1.82) is 0 Å². The fourth-order valence-electron chi connectivity index (χ4n) is 3.46. The third-order valence-electron chi connectivity index (χ3n) is 4.89. The van der Waals surface area contributed by atoms with E-state index >= 15 is 0 Å². The molecule has 0 amide bonds. The molecular weight excluding hydrogens is 478 g/mol. The van der Waals surface area contributed by atoms with Crippen molar-refractivity contribution in [2.24, 2.45) is 0 Å². The molecule has 1 heterocycles. The fourth-order valence-corrected chi connectivity index (χ4v) is 4.77.